The molecule has 2 rings (SSSR count). The average molecular weight is 325 g/mol. The Balaban J connectivity index is 1.84. The van der Waals surface area contributed by atoms with Gasteiger partial charge in [-0.2, -0.15) is 0 Å². The zero-order chi connectivity index (χ0) is 16.1. The van der Waals surface area contributed by atoms with Crippen molar-refractivity contribution in [3.05, 3.63) is 52.7 Å². The van der Waals surface area contributed by atoms with E-state index in [1.54, 1.807) is 24.3 Å². The van der Waals surface area contributed by atoms with Crippen molar-refractivity contribution in [3.63, 3.8) is 0 Å². The standard InChI is InChI=1S/C15H17ClN2O4/c1-9(5-14-18-12(8-22-14)15(20)21)17-7-13(19)10-3-2-4-11(16)6-10/h2-4,6,8-9,13,17,19H,5,7H2,1H3,(H,20,21). The Morgan fingerprint density at radius 2 is 2.27 bits per heavy atom. The number of oxazole rings is 1. The number of hydrogen-bond donors (Lipinski definition) is 3. The topological polar surface area (TPSA) is 95.6 Å². The predicted octanol–water partition coefficient (Wildman–Crippen LogP) is 2.28. The number of aromatic carboxylic acids is 1. The number of carbonyl (C=O) groups is 1. The monoisotopic (exact) mass is 324 g/mol. The number of hydrogen-bond acceptors (Lipinski definition) is 5. The Bertz CT molecular complexity index is 644. The van der Waals surface area contributed by atoms with Crippen LogP contribution in [-0.4, -0.2) is 33.8 Å². The second kappa shape index (κ2) is 7.40. The van der Waals surface area contributed by atoms with Gasteiger partial charge in [-0.3, -0.25) is 0 Å². The quantitative estimate of drug-likeness (QED) is 0.723. The van der Waals surface area contributed by atoms with E-state index in [1.807, 2.05) is 6.92 Å². The molecular formula is C15H17ClN2O4. The second-order valence-electron chi connectivity index (χ2n) is 5.02. The van der Waals surface area contributed by atoms with Crippen molar-refractivity contribution in [1.29, 1.82) is 0 Å². The number of nitrogens with one attached hydrogen (secondary N) is 1. The summed E-state index contributed by atoms with van der Waals surface area (Å²) in [5, 5.41) is 22.6. The maximum Gasteiger partial charge on any atom is 0.357 e. The first-order chi connectivity index (χ1) is 10.5. The molecule has 1 aromatic heterocycles. The van der Waals surface area contributed by atoms with E-state index < -0.39 is 12.1 Å². The van der Waals surface area contributed by atoms with Crippen LogP contribution in [-0.2, 0) is 6.42 Å². The predicted molar refractivity (Wildman–Crippen MR) is 81.0 cm³/mol. The fraction of sp³-hybridized carbons (Fsp3) is 0.333. The van der Waals surface area contributed by atoms with Gasteiger partial charge >= 0.3 is 5.97 Å². The number of halogens is 1. The van der Waals surface area contributed by atoms with Crippen molar-refractivity contribution < 1.29 is 19.4 Å². The van der Waals surface area contributed by atoms with E-state index in [0.717, 1.165) is 11.8 Å². The summed E-state index contributed by atoms with van der Waals surface area (Å²) in [6, 6.07) is 7.01. The molecule has 1 aromatic carbocycles. The van der Waals surface area contributed by atoms with Gasteiger partial charge in [-0.1, -0.05) is 23.7 Å². The van der Waals surface area contributed by atoms with Gasteiger partial charge in [0.15, 0.2) is 11.6 Å². The van der Waals surface area contributed by atoms with Crippen LogP contribution < -0.4 is 5.32 Å². The van der Waals surface area contributed by atoms with Crippen molar-refractivity contribution in [2.24, 2.45) is 0 Å². The first kappa shape index (κ1) is 16.5. The molecule has 2 atom stereocenters. The summed E-state index contributed by atoms with van der Waals surface area (Å²) in [5.41, 5.74) is 0.623. The molecule has 0 spiro atoms. The maximum absolute atomic E-state index is 10.7. The van der Waals surface area contributed by atoms with Crippen LogP contribution in [0.1, 0.15) is 35.0 Å². The van der Waals surface area contributed by atoms with Gasteiger partial charge in [0.1, 0.15) is 6.26 Å². The highest BCUT2D eigenvalue weighted by atomic mass is 35.5. The summed E-state index contributed by atoms with van der Waals surface area (Å²) >= 11 is 5.89. The lowest BCUT2D eigenvalue weighted by Crippen LogP contribution is -2.32. The van der Waals surface area contributed by atoms with Crippen LogP contribution in [0.25, 0.3) is 0 Å². The summed E-state index contributed by atoms with van der Waals surface area (Å²) in [4.78, 5) is 14.6. The van der Waals surface area contributed by atoms with E-state index >= 15 is 0 Å². The summed E-state index contributed by atoms with van der Waals surface area (Å²) in [5.74, 6) is -0.776. The van der Waals surface area contributed by atoms with Gasteiger partial charge in [0.05, 0.1) is 6.10 Å². The van der Waals surface area contributed by atoms with E-state index in [-0.39, 0.29) is 11.7 Å². The normalized spacial score (nSPS) is 13.8. The average Bonchev–Trinajstić information content (AvgIpc) is 2.93. The largest absolute Gasteiger partial charge is 0.476 e. The Morgan fingerprint density at radius 1 is 1.50 bits per heavy atom. The van der Waals surface area contributed by atoms with Crippen molar-refractivity contribution in [2.75, 3.05) is 6.54 Å². The third-order valence-electron chi connectivity index (χ3n) is 3.14. The van der Waals surface area contributed by atoms with Crippen LogP contribution in [0.15, 0.2) is 34.9 Å². The van der Waals surface area contributed by atoms with Crippen molar-refractivity contribution in [3.8, 4) is 0 Å². The molecule has 0 saturated heterocycles. The number of nitrogens with zero attached hydrogens (tertiary/aromatic N) is 1. The first-order valence-corrected chi connectivity index (χ1v) is 7.18. The number of aliphatic hydroxyl groups excluding tert-OH is 1. The summed E-state index contributed by atoms with van der Waals surface area (Å²) in [6.07, 6.45) is 0.862. The molecule has 6 nitrogen and oxygen atoms in total. The molecule has 0 amide bonds. The van der Waals surface area contributed by atoms with E-state index in [2.05, 4.69) is 10.3 Å². The highest BCUT2D eigenvalue weighted by Gasteiger charge is 2.14. The van der Waals surface area contributed by atoms with Crippen molar-refractivity contribution in [1.82, 2.24) is 10.3 Å². The van der Waals surface area contributed by atoms with Crippen LogP contribution in [0.5, 0.6) is 0 Å². The van der Waals surface area contributed by atoms with Gasteiger partial charge in [-0.25, -0.2) is 9.78 Å². The summed E-state index contributed by atoms with van der Waals surface area (Å²) in [7, 11) is 0. The Morgan fingerprint density at radius 3 is 2.91 bits per heavy atom. The van der Waals surface area contributed by atoms with E-state index in [4.69, 9.17) is 21.1 Å². The number of benzene rings is 1. The molecule has 2 aromatic rings. The molecule has 118 valence electrons. The SMILES string of the molecule is CC(Cc1nc(C(=O)O)co1)NCC(O)c1cccc(Cl)c1. The third kappa shape index (κ3) is 4.56. The fourth-order valence-corrected chi connectivity index (χ4v) is 2.18. The minimum Gasteiger partial charge on any atom is -0.476 e. The smallest absolute Gasteiger partial charge is 0.357 e. The molecule has 0 bridgehead atoms. The Hall–Kier alpha value is -1.89. The molecular weight excluding hydrogens is 308 g/mol. The first-order valence-electron chi connectivity index (χ1n) is 6.80. The van der Waals surface area contributed by atoms with Gasteiger partial charge in [0.25, 0.3) is 0 Å². The van der Waals surface area contributed by atoms with Gasteiger partial charge < -0.3 is 19.9 Å². The van der Waals surface area contributed by atoms with E-state index in [9.17, 15) is 9.90 Å². The lowest BCUT2D eigenvalue weighted by Gasteiger charge is -2.16. The van der Waals surface area contributed by atoms with E-state index in [0.29, 0.717) is 23.9 Å². The number of aliphatic hydroxyl groups is 1. The van der Waals surface area contributed by atoms with Crippen LogP contribution in [0.2, 0.25) is 5.02 Å². The molecule has 0 aliphatic carbocycles. The van der Waals surface area contributed by atoms with Crippen LogP contribution in [0.4, 0.5) is 0 Å². The van der Waals surface area contributed by atoms with Crippen LogP contribution >= 0.6 is 11.6 Å². The van der Waals surface area contributed by atoms with Gasteiger partial charge in [-0.05, 0) is 24.6 Å². The third-order valence-corrected chi connectivity index (χ3v) is 3.38. The van der Waals surface area contributed by atoms with Gasteiger partial charge in [0.2, 0.25) is 0 Å². The van der Waals surface area contributed by atoms with Gasteiger partial charge in [-0.15, -0.1) is 0 Å². The minimum atomic E-state index is -1.12. The number of rotatable bonds is 7. The maximum atomic E-state index is 10.7. The van der Waals surface area contributed by atoms with Crippen molar-refractivity contribution >= 4 is 17.6 Å². The lowest BCUT2D eigenvalue weighted by molar-refractivity contribution is 0.0690. The molecule has 7 heteroatoms. The zero-order valence-electron chi connectivity index (χ0n) is 12.0. The highest BCUT2D eigenvalue weighted by Crippen LogP contribution is 2.17. The molecule has 0 aliphatic heterocycles. The number of aromatic nitrogens is 1. The molecule has 22 heavy (non-hydrogen) atoms. The highest BCUT2D eigenvalue weighted by molar-refractivity contribution is 6.30. The minimum absolute atomic E-state index is 0.0332. The molecule has 0 saturated carbocycles. The van der Waals surface area contributed by atoms with Crippen LogP contribution in [0.3, 0.4) is 0 Å². The number of carboxylic acids is 1. The van der Waals surface area contributed by atoms with Crippen LogP contribution in [0, 0.1) is 0 Å². The second-order valence-corrected chi connectivity index (χ2v) is 5.45. The van der Waals surface area contributed by atoms with Gasteiger partial charge in [0, 0.05) is 24.0 Å². The number of carboxylic acid groups (broad SMARTS) is 1. The summed E-state index contributed by atoms with van der Waals surface area (Å²) < 4.78 is 5.09. The Labute approximate surface area is 132 Å². The zero-order valence-corrected chi connectivity index (χ0v) is 12.7. The summed E-state index contributed by atoms with van der Waals surface area (Å²) in [6.45, 7) is 2.24. The lowest BCUT2D eigenvalue weighted by atomic mass is 10.1. The fourth-order valence-electron chi connectivity index (χ4n) is 1.98. The molecule has 2 unspecified atom stereocenters. The molecule has 0 aliphatic rings. The van der Waals surface area contributed by atoms with Crippen molar-refractivity contribution in [2.45, 2.75) is 25.5 Å². The van der Waals surface area contributed by atoms with E-state index in [1.165, 1.54) is 0 Å². The molecule has 0 fully saturated rings. The molecule has 0 radical (unpaired) electrons. The molecule has 3 N–H and O–H groups in total. The molecule has 1 heterocycles. The Kier molecular flexibility index (Phi) is 5.54.